The van der Waals surface area contributed by atoms with Crippen LogP contribution in [0.25, 0.3) is 0 Å². The molecule has 0 radical (unpaired) electrons. The molecule has 1 aromatic carbocycles. The third kappa shape index (κ3) is 3.24. The molecule has 0 saturated heterocycles. The summed E-state index contributed by atoms with van der Waals surface area (Å²) in [6.07, 6.45) is 0. The minimum absolute atomic E-state index is 0.0678. The summed E-state index contributed by atoms with van der Waals surface area (Å²) in [5, 5.41) is 9.31. The van der Waals surface area contributed by atoms with Gasteiger partial charge in [-0.1, -0.05) is 12.1 Å². The number of hydrogen-bond acceptors (Lipinski definition) is 3. The van der Waals surface area contributed by atoms with Gasteiger partial charge in [0.1, 0.15) is 5.75 Å². The van der Waals surface area contributed by atoms with Gasteiger partial charge >= 0.3 is 0 Å². The zero-order valence-electron chi connectivity index (χ0n) is 11.9. The molecule has 0 heterocycles. The summed E-state index contributed by atoms with van der Waals surface area (Å²) in [5.74, 6) is 0.869. The second-order valence-electron chi connectivity index (χ2n) is 5.20. The van der Waals surface area contributed by atoms with Gasteiger partial charge in [-0.2, -0.15) is 5.26 Å². The standard InChI is InChI=1S/C15H22N2O/c1-6-18-13-9-7-12(8-10-13)14(17(4)5)15(2,3)11-16/h7-10,14H,6H2,1-5H3. The van der Waals surface area contributed by atoms with Gasteiger partial charge in [0, 0.05) is 0 Å². The van der Waals surface area contributed by atoms with Crippen molar-refractivity contribution in [2.75, 3.05) is 20.7 Å². The Balaban J connectivity index is 3.05. The molecule has 1 rings (SSSR count). The molecule has 0 spiro atoms. The molecule has 1 atom stereocenters. The number of nitrogens with zero attached hydrogens (tertiary/aromatic N) is 2. The Morgan fingerprint density at radius 2 is 1.83 bits per heavy atom. The molecule has 0 aliphatic heterocycles. The van der Waals surface area contributed by atoms with Crippen LogP contribution in [-0.4, -0.2) is 25.6 Å². The van der Waals surface area contributed by atoms with Gasteiger partial charge in [0.15, 0.2) is 0 Å². The lowest BCUT2D eigenvalue weighted by molar-refractivity contribution is 0.185. The fraction of sp³-hybridized carbons (Fsp3) is 0.533. The maximum atomic E-state index is 9.31. The zero-order valence-corrected chi connectivity index (χ0v) is 11.9. The van der Waals surface area contributed by atoms with Gasteiger partial charge in [-0.15, -0.1) is 0 Å². The van der Waals surface area contributed by atoms with Crippen molar-refractivity contribution in [1.29, 1.82) is 5.26 Å². The van der Waals surface area contributed by atoms with E-state index in [-0.39, 0.29) is 6.04 Å². The van der Waals surface area contributed by atoms with Gasteiger partial charge in [0.2, 0.25) is 0 Å². The first-order valence-electron chi connectivity index (χ1n) is 6.22. The predicted octanol–water partition coefficient (Wildman–Crippen LogP) is 3.24. The molecule has 1 aromatic rings. The highest BCUT2D eigenvalue weighted by atomic mass is 16.5. The van der Waals surface area contributed by atoms with Gasteiger partial charge in [0.25, 0.3) is 0 Å². The second kappa shape index (κ2) is 5.88. The molecular weight excluding hydrogens is 224 g/mol. The van der Waals surface area contributed by atoms with Crippen molar-refractivity contribution >= 4 is 0 Å². The van der Waals surface area contributed by atoms with E-state index in [9.17, 15) is 5.26 Å². The van der Waals surface area contributed by atoms with Crippen molar-refractivity contribution in [3.63, 3.8) is 0 Å². The average Bonchev–Trinajstić information content (AvgIpc) is 2.31. The maximum absolute atomic E-state index is 9.31. The monoisotopic (exact) mass is 246 g/mol. The Bertz CT molecular complexity index is 415. The molecule has 3 heteroatoms. The van der Waals surface area contributed by atoms with E-state index in [0.29, 0.717) is 6.61 Å². The Kier molecular flexibility index (Phi) is 4.75. The van der Waals surface area contributed by atoms with Gasteiger partial charge in [-0.05, 0) is 52.6 Å². The molecule has 0 N–H and O–H groups in total. The lowest BCUT2D eigenvalue weighted by Gasteiger charge is -2.34. The minimum atomic E-state index is -0.434. The van der Waals surface area contributed by atoms with Crippen LogP contribution in [0.5, 0.6) is 5.75 Å². The molecule has 3 nitrogen and oxygen atoms in total. The molecule has 98 valence electrons. The van der Waals surface area contributed by atoms with Crippen molar-refractivity contribution < 1.29 is 4.74 Å². The lowest BCUT2D eigenvalue weighted by Crippen LogP contribution is -2.32. The molecule has 1 unspecified atom stereocenters. The van der Waals surface area contributed by atoms with E-state index >= 15 is 0 Å². The van der Waals surface area contributed by atoms with E-state index in [1.54, 1.807) is 0 Å². The summed E-state index contributed by atoms with van der Waals surface area (Å²) in [6.45, 7) is 6.57. The number of rotatable bonds is 5. The van der Waals surface area contributed by atoms with E-state index in [0.717, 1.165) is 11.3 Å². The first-order chi connectivity index (χ1) is 8.42. The highest BCUT2D eigenvalue weighted by Crippen LogP contribution is 2.36. The van der Waals surface area contributed by atoms with Gasteiger partial charge in [-0.3, -0.25) is 0 Å². The van der Waals surface area contributed by atoms with Crippen molar-refractivity contribution in [1.82, 2.24) is 4.90 Å². The molecule has 0 aliphatic rings. The molecule has 0 aromatic heterocycles. The van der Waals surface area contributed by atoms with E-state index in [1.165, 1.54) is 0 Å². The van der Waals surface area contributed by atoms with E-state index in [2.05, 4.69) is 11.0 Å². The number of nitriles is 1. The van der Waals surface area contributed by atoms with Crippen LogP contribution < -0.4 is 4.74 Å². The fourth-order valence-electron chi connectivity index (χ4n) is 2.33. The van der Waals surface area contributed by atoms with E-state index in [4.69, 9.17) is 4.74 Å². The third-order valence-electron chi connectivity index (χ3n) is 2.99. The molecule has 18 heavy (non-hydrogen) atoms. The first-order valence-corrected chi connectivity index (χ1v) is 6.22. The van der Waals surface area contributed by atoms with Crippen LogP contribution in [0, 0.1) is 16.7 Å². The molecule has 0 aliphatic carbocycles. The van der Waals surface area contributed by atoms with Crippen molar-refractivity contribution in [3.8, 4) is 11.8 Å². The zero-order chi connectivity index (χ0) is 13.8. The van der Waals surface area contributed by atoms with Crippen molar-refractivity contribution in [3.05, 3.63) is 29.8 Å². The van der Waals surface area contributed by atoms with E-state index < -0.39 is 5.41 Å². The van der Waals surface area contributed by atoms with Gasteiger partial charge < -0.3 is 9.64 Å². The first kappa shape index (κ1) is 14.5. The SMILES string of the molecule is CCOc1ccc(C(N(C)C)C(C)(C)C#N)cc1. The Hall–Kier alpha value is -1.53. The fourth-order valence-corrected chi connectivity index (χ4v) is 2.33. The second-order valence-corrected chi connectivity index (χ2v) is 5.20. The quantitative estimate of drug-likeness (QED) is 0.800. The molecule has 0 amide bonds. The van der Waals surface area contributed by atoms with Crippen LogP contribution in [0.1, 0.15) is 32.4 Å². The lowest BCUT2D eigenvalue weighted by atomic mass is 9.81. The highest BCUT2D eigenvalue weighted by molar-refractivity contribution is 5.31. The van der Waals surface area contributed by atoms with E-state index in [1.807, 2.05) is 59.1 Å². The average molecular weight is 246 g/mol. The summed E-state index contributed by atoms with van der Waals surface area (Å²) >= 11 is 0. The maximum Gasteiger partial charge on any atom is 0.119 e. The van der Waals surface area contributed by atoms with Crippen molar-refractivity contribution in [2.45, 2.75) is 26.8 Å². The number of benzene rings is 1. The summed E-state index contributed by atoms with van der Waals surface area (Å²) in [7, 11) is 4.00. The molecular formula is C15H22N2O. The largest absolute Gasteiger partial charge is 0.494 e. The van der Waals surface area contributed by atoms with Crippen LogP contribution in [-0.2, 0) is 0 Å². The minimum Gasteiger partial charge on any atom is -0.494 e. The highest BCUT2D eigenvalue weighted by Gasteiger charge is 2.32. The summed E-state index contributed by atoms with van der Waals surface area (Å²) < 4.78 is 5.43. The summed E-state index contributed by atoms with van der Waals surface area (Å²) in [4.78, 5) is 2.08. The van der Waals surface area contributed by atoms with Crippen LogP contribution in [0.4, 0.5) is 0 Å². The summed E-state index contributed by atoms with van der Waals surface area (Å²) in [5.41, 5.74) is 0.700. The molecule has 0 saturated carbocycles. The number of hydrogen-bond donors (Lipinski definition) is 0. The Labute approximate surface area is 110 Å². The topological polar surface area (TPSA) is 36.3 Å². The van der Waals surface area contributed by atoms with Gasteiger partial charge in [0.05, 0.1) is 24.1 Å². The van der Waals surface area contributed by atoms with Crippen LogP contribution in [0.3, 0.4) is 0 Å². The number of ether oxygens (including phenoxy) is 1. The smallest absolute Gasteiger partial charge is 0.119 e. The third-order valence-corrected chi connectivity index (χ3v) is 2.99. The van der Waals surface area contributed by atoms with Crippen LogP contribution in [0.2, 0.25) is 0 Å². The predicted molar refractivity (Wildman–Crippen MR) is 73.4 cm³/mol. The van der Waals surface area contributed by atoms with Gasteiger partial charge in [-0.25, -0.2) is 0 Å². The molecule has 0 fully saturated rings. The summed E-state index contributed by atoms with van der Waals surface area (Å²) in [6, 6.07) is 10.5. The normalized spacial score (nSPS) is 13.2. The van der Waals surface area contributed by atoms with Crippen LogP contribution in [0.15, 0.2) is 24.3 Å². The van der Waals surface area contributed by atoms with Crippen LogP contribution >= 0.6 is 0 Å². The Morgan fingerprint density at radius 3 is 2.22 bits per heavy atom. The molecule has 0 bridgehead atoms. The van der Waals surface area contributed by atoms with Crippen molar-refractivity contribution in [2.24, 2.45) is 5.41 Å². The Morgan fingerprint density at radius 1 is 1.28 bits per heavy atom.